The van der Waals surface area contributed by atoms with Gasteiger partial charge in [0, 0.05) is 36.8 Å². The summed E-state index contributed by atoms with van der Waals surface area (Å²) in [6.07, 6.45) is 5.69. The lowest BCUT2D eigenvalue weighted by Gasteiger charge is -2.00. The number of amides is 1. The van der Waals surface area contributed by atoms with Gasteiger partial charge in [0.2, 0.25) is 10.9 Å². The zero-order valence-electron chi connectivity index (χ0n) is 13.0. The second kappa shape index (κ2) is 6.73. The number of hydrogen-bond acceptors (Lipinski definition) is 7. The highest BCUT2D eigenvalue weighted by atomic mass is 32.1. The van der Waals surface area contributed by atoms with Crippen molar-refractivity contribution in [1.29, 1.82) is 0 Å². The summed E-state index contributed by atoms with van der Waals surface area (Å²) >= 11 is 1.50. The van der Waals surface area contributed by atoms with Gasteiger partial charge >= 0.3 is 0 Å². The molecule has 0 saturated carbocycles. The molecule has 1 amide bonds. The van der Waals surface area contributed by atoms with Gasteiger partial charge in [-0.15, -0.1) is 11.3 Å². The molecule has 0 radical (unpaired) electrons. The van der Waals surface area contributed by atoms with Gasteiger partial charge in [0.1, 0.15) is 0 Å². The Morgan fingerprint density at radius 3 is 3.08 bits per heavy atom. The predicted molar refractivity (Wildman–Crippen MR) is 89.5 cm³/mol. The lowest BCUT2D eigenvalue weighted by molar-refractivity contribution is 0.0945. The average molecular weight is 355 g/mol. The van der Waals surface area contributed by atoms with Crippen molar-refractivity contribution in [2.75, 3.05) is 6.54 Å². The molecule has 4 rings (SSSR count). The van der Waals surface area contributed by atoms with Crippen molar-refractivity contribution in [2.45, 2.75) is 6.42 Å². The van der Waals surface area contributed by atoms with E-state index in [0.29, 0.717) is 24.5 Å². The maximum Gasteiger partial charge on any atom is 0.273 e. The maximum absolute atomic E-state index is 12.1. The minimum atomic E-state index is -0.302. The highest BCUT2D eigenvalue weighted by Crippen LogP contribution is 2.20. The number of nitrogens with one attached hydrogen (secondary N) is 1. The van der Waals surface area contributed by atoms with Crippen molar-refractivity contribution in [1.82, 2.24) is 25.2 Å². The lowest BCUT2D eigenvalue weighted by atomic mass is 10.3. The van der Waals surface area contributed by atoms with Crippen LogP contribution in [0.4, 0.5) is 0 Å². The standard InChI is InChI=1S/C16H13N5O3S/c22-15(12-9-14(24-20-12)13-3-1-8-23-13)17-6-4-11-10-25-16(19-11)21-7-2-5-18-21/h1-3,5,7-10H,4,6H2,(H,17,22). The van der Waals surface area contributed by atoms with Crippen LogP contribution >= 0.6 is 11.3 Å². The van der Waals surface area contributed by atoms with E-state index in [1.165, 1.54) is 17.6 Å². The first-order valence-corrected chi connectivity index (χ1v) is 8.41. The molecule has 0 aliphatic carbocycles. The van der Waals surface area contributed by atoms with E-state index in [0.717, 1.165) is 10.8 Å². The number of carbonyl (C=O) groups is 1. The fourth-order valence-electron chi connectivity index (χ4n) is 2.21. The molecule has 0 aromatic carbocycles. The number of rotatable bonds is 6. The summed E-state index contributed by atoms with van der Waals surface area (Å²) in [4.78, 5) is 16.6. The fraction of sp³-hybridized carbons (Fsp3) is 0.125. The van der Waals surface area contributed by atoms with Gasteiger partial charge in [0.25, 0.3) is 5.91 Å². The second-order valence-corrected chi connectivity index (χ2v) is 5.97. The van der Waals surface area contributed by atoms with Crippen LogP contribution in [-0.4, -0.2) is 32.4 Å². The third-order valence-corrected chi connectivity index (χ3v) is 4.29. The van der Waals surface area contributed by atoms with Gasteiger partial charge in [-0.3, -0.25) is 4.79 Å². The Labute approximate surface area is 146 Å². The average Bonchev–Trinajstić information content (AvgIpc) is 3.42. The van der Waals surface area contributed by atoms with Crippen LogP contribution in [-0.2, 0) is 6.42 Å². The molecule has 126 valence electrons. The van der Waals surface area contributed by atoms with Gasteiger partial charge < -0.3 is 14.3 Å². The van der Waals surface area contributed by atoms with Gasteiger partial charge in [0.05, 0.1) is 12.0 Å². The Balaban J connectivity index is 1.32. The molecule has 4 aromatic heterocycles. The molecular weight excluding hydrogens is 342 g/mol. The lowest BCUT2D eigenvalue weighted by Crippen LogP contribution is -2.26. The molecule has 0 bridgehead atoms. The highest BCUT2D eigenvalue weighted by Gasteiger charge is 2.15. The predicted octanol–water partition coefficient (Wildman–Crippen LogP) is 2.55. The molecule has 0 atom stereocenters. The van der Waals surface area contributed by atoms with E-state index in [9.17, 15) is 4.79 Å². The summed E-state index contributed by atoms with van der Waals surface area (Å²) in [5.41, 5.74) is 1.11. The minimum absolute atomic E-state index is 0.210. The number of aromatic nitrogens is 4. The number of carbonyl (C=O) groups excluding carboxylic acids is 1. The van der Waals surface area contributed by atoms with E-state index in [4.69, 9.17) is 8.94 Å². The summed E-state index contributed by atoms with van der Waals surface area (Å²) in [5.74, 6) is 0.641. The quantitative estimate of drug-likeness (QED) is 0.571. The largest absolute Gasteiger partial charge is 0.461 e. The molecule has 4 heterocycles. The molecule has 9 heteroatoms. The van der Waals surface area contributed by atoms with Gasteiger partial charge in [0.15, 0.2) is 11.5 Å². The third-order valence-electron chi connectivity index (χ3n) is 3.41. The van der Waals surface area contributed by atoms with Crippen molar-refractivity contribution >= 4 is 17.2 Å². The van der Waals surface area contributed by atoms with Crippen LogP contribution in [0.25, 0.3) is 16.7 Å². The summed E-state index contributed by atoms with van der Waals surface area (Å²) in [6.45, 7) is 0.448. The summed E-state index contributed by atoms with van der Waals surface area (Å²) in [7, 11) is 0. The Bertz CT molecular complexity index is 956. The molecule has 4 aromatic rings. The maximum atomic E-state index is 12.1. The van der Waals surface area contributed by atoms with Gasteiger partial charge in [-0.2, -0.15) is 5.10 Å². The second-order valence-electron chi connectivity index (χ2n) is 5.13. The van der Waals surface area contributed by atoms with E-state index in [1.807, 2.05) is 17.6 Å². The van der Waals surface area contributed by atoms with Crippen molar-refractivity contribution in [3.05, 3.63) is 59.7 Å². The Kier molecular flexibility index (Phi) is 4.13. The van der Waals surface area contributed by atoms with Crippen LogP contribution in [0.2, 0.25) is 0 Å². The first-order valence-electron chi connectivity index (χ1n) is 7.53. The molecule has 1 N–H and O–H groups in total. The van der Waals surface area contributed by atoms with E-state index in [1.54, 1.807) is 29.1 Å². The van der Waals surface area contributed by atoms with Crippen molar-refractivity contribution in [3.8, 4) is 16.7 Å². The zero-order valence-corrected chi connectivity index (χ0v) is 13.8. The van der Waals surface area contributed by atoms with Crippen molar-refractivity contribution in [2.24, 2.45) is 0 Å². The van der Waals surface area contributed by atoms with Gasteiger partial charge in [-0.1, -0.05) is 5.16 Å². The molecule has 8 nitrogen and oxygen atoms in total. The molecule has 0 aliphatic heterocycles. The highest BCUT2D eigenvalue weighted by molar-refractivity contribution is 7.12. The fourth-order valence-corrected chi connectivity index (χ4v) is 3.01. The van der Waals surface area contributed by atoms with Crippen LogP contribution in [0.15, 0.2) is 57.2 Å². The number of nitrogens with zero attached hydrogens (tertiary/aromatic N) is 4. The van der Waals surface area contributed by atoms with E-state index >= 15 is 0 Å². The van der Waals surface area contributed by atoms with Crippen LogP contribution in [0.3, 0.4) is 0 Å². The van der Waals surface area contributed by atoms with E-state index < -0.39 is 0 Å². The first kappa shape index (κ1) is 15.3. The summed E-state index contributed by atoms with van der Waals surface area (Å²) in [5, 5.41) is 13.5. The SMILES string of the molecule is O=C(NCCc1csc(-n2cccn2)n1)c1cc(-c2ccco2)on1. The Morgan fingerprint density at radius 1 is 1.32 bits per heavy atom. The minimum Gasteiger partial charge on any atom is -0.461 e. The molecule has 25 heavy (non-hydrogen) atoms. The van der Waals surface area contributed by atoms with Gasteiger partial charge in [-0.25, -0.2) is 9.67 Å². The molecule has 0 aliphatic rings. The normalized spacial score (nSPS) is 10.9. The molecule has 0 saturated heterocycles. The molecule has 0 fully saturated rings. The zero-order chi connectivity index (χ0) is 17.1. The van der Waals surface area contributed by atoms with Crippen molar-refractivity contribution in [3.63, 3.8) is 0 Å². The van der Waals surface area contributed by atoms with Crippen LogP contribution < -0.4 is 5.32 Å². The molecule has 0 unspecified atom stereocenters. The molecule has 0 spiro atoms. The Hall–Kier alpha value is -3.20. The monoisotopic (exact) mass is 355 g/mol. The van der Waals surface area contributed by atoms with Crippen LogP contribution in [0, 0.1) is 0 Å². The smallest absolute Gasteiger partial charge is 0.273 e. The molecular formula is C16H13N5O3S. The van der Waals surface area contributed by atoms with E-state index in [-0.39, 0.29) is 11.6 Å². The third kappa shape index (κ3) is 3.36. The first-order chi connectivity index (χ1) is 12.3. The number of furan rings is 1. The topological polar surface area (TPSA) is 99.0 Å². The van der Waals surface area contributed by atoms with Crippen LogP contribution in [0.5, 0.6) is 0 Å². The summed E-state index contributed by atoms with van der Waals surface area (Å²) in [6, 6.07) is 6.87. The number of thiazole rings is 1. The Morgan fingerprint density at radius 2 is 2.28 bits per heavy atom. The van der Waals surface area contributed by atoms with E-state index in [2.05, 4.69) is 20.6 Å². The van der Waals surface area contributed by atoms with Crippen LogP contribution in [0.1, 0.15) is 16.2 Å². The van der Waals surface area contributed by atoms with Crippen molar-refractivity contribution < 1.29 is 13.7 Å². The number of hydrogen-bond donors (Lipinski definition) is 1. The summed E-state index contributed by atoms with van der Waals surface area (Å²) < 4.78 is 12.0. The van der Waals surface area contributed by atoms with Gasteiger partial charge in [-0.05, 0) is 18.2 Å².